The summed E-state index contributed by atoms with van der Waals surface area (Å²) >= 11 is 0. The van der Waals surface area contributed by atoms with Crippen LogP contribution in [-0.4, -0.2) is 47.5 Å². The Morgan fingerprint density at radius 3 is 2.79 bits per heavy atom. The van der Waals surface area contributed by atoms with Gasteiger partial charge in [-0.1, -0.05) is 26.0 Å². The average Bonchev–Trinajstić information content (AvgIpc) is 2.59. The molecule has 5 heteroatoms. The number of carbonyl (C=O) groups excluding carboxylic acids is 1. The first-order valence-corrected chi connectivity index (χ1v) is 8.62. The van der Waals surface area contributed by atoms with E-state index in [0.717, 1.165) is 18.5 Å². The number of anilines is 1. The number of nitrogens with zero attached hydrogens (tertiary/aromatic N) is 3. The number of rotatable bonds is 3. The molecule has 2 heterocycles. The van der Waals surface area contributed by atoms with Crippen molar-refractivity contribution in [3.63, 3.8) is 0 Å². The molecule has 1 aromatic heterocycles. The maximum Gasteiger partial charge on any atom is 0.240 e. The molecule has 0 aliphatic carbocycles. The summed E-state index contributed by atoms with van der Waals surface area (Å²) in [6.45, 7) is 8.44. The Bertz CT molecular complexity index is 725. The van der Waals surface area contributed by atoms with Crippen LogP contribution in [0.25, 0.3) is 10.8 Å². The number of nitrogens with two attached hydrogens (primary N) is 1. The van der Waals surface area contributed by atoms with Gasteiger partial charge in [0.1, 0.15) is 0 Å². The van der Waals surface area contributed by atoms with Crippen molar-refractivity contribution in [1.82, 2.24) is 9.88 Å². The van der Waals surface area contributed by atoms with Crippen LogP contribution in [0.2, 0.25) is 0 Å². The Morgan fingerprint density at radius 2 is 2.08 bits per heavy atom. The molecule has 5 nitrogen and oxygen atoms in total. The minimum absolute atomic E-state index is 0.0688. The summed E-state index contributed by atoms with van der Waals surface area (Å²) in [6, 6.07) is 8.08. The summed E-state index contributed by atoms with van der Waals surface area (Å²) in [4.78, 5) is 21.1. The van der Waals surface area contributed by atoms with Crippen molar-refractivity contribution in [2.24, 2.45) is 11.7 Å². The minimum atomic E-state index is -0.414. The summed E-state index contributed by atoms with van der Waals surface area (Å²) < 4.78 is 0. The Labute approximate surface area is 143 Å². The Kier molecular flexibility index (Phi) is 4.71. The molecule has 1 aliphatic rings. The molecule has 1 aromatic carbocycles. The topological polar surface area (TPSA) is 62.5 Å². The lowest BCUT2D eigenvalue weighted by atomic mass is 10.0. The molecule has 0 spiro atoms. The second-order valence-corrected chi connectivity index (χ2v) is 6.97. The van der Waals surface area contributed by atoms with Gasteiger partial charge in [-0.15, -0.1) is 0 Å². The van der Waals surface area contributed by atoms with E-state index in [0.29, 0.717) is 6.54 Å². The Balaban J connectivity index is 1.79. The van der Waals surface area contributed by atoms with E-state index >= 15 is 0 Å². The highest BCUT2D eigenvalue weighted by Crippen LogP contribution is 2.28. The van der Waals surface area contributed by atoms with Crippen LogP contribution in [0.1, 0.15) is 20.8 Å². The molecule has 128 valence electrons. The molecule has 2 aromatic rings. The number of carbonyl (C=O) groups is 1. The molecule has 1 saturated heterocycles. The zero-order valence-corrected chi connectivity index (χ0v) is 14.6. The van der Waals surface area contributed by atoms with Crippen molar-refractivity contribution in [3.8, 4) is 0 Å². The van der Waals surface area contributed by atoms with Crippen molar-refractivity contribution in [2.45, 2.75) is 32.9 Å². The summed E-state index contributed by atoms with van der Waals surface area (Å²) in [5.41, 5.74) is 7.27. The zero-order valence-electron chi connectivity index (χ0n) is 14.6. The molecule has 1 amide bonds. The molecular weight excluding hydrogens is 300 g/mol. The van der Waals surface area contributed by atoms with E-state index in [2.05, 4.69) is 41.1 Å². The van der Waals surface area contributed by atoms with Crippen LogP contribution in [0.15, 0.2) is 36.7 Å². The van der Waals surface area contributed by atoms with E-state index in [-0.39, 0.29) is 17.9 Å². The van der Waals surface area contributed by atoms with Gasteiger partial charge in [-0.3, -0.25) is 9.78 Å². The normalized spacial score (nSPS) is 19.8. The third kappa shape index (κ3) is 3.08. The maximum absolute atomic E-state index is 12.6. The van der Waals surface area contributed by atoms with Crippen LogP contribution in [0.4, 0.5) is 5.69 Å². The average molecular weight is 326 g/mol. The molecule has 2 atom stereocenters. The number of hydrogen-bond acceptors (Lipinski definition) is 4. The first-order chi connectivity index (χ1) is 11.5. The third-order valence-corrected chi connectivity index (χ3v) is 4.91. The quantitative estimate of drug-likeness (QED) is 0.940. The fraction of sp³-hybridized carbons (Fsp3) is 0.474. The molecule has 0 bridgehead atoms. The van der Waals surface area contributed by atoms with Gasteiger partial charge < -0.3 is 15.5 Å². The van der Waals surface area contributed by atoms with E-state index in [1.165, 1.54) is 11.1 Å². The van der Waals surface area contributed by atoms with Gasteiger partial charge in [-0.25, -0.2) is 0 Å². The number of fused-ring (bicyclic) bond motifs is 1. The van der Waals surface area contributed by atoms with Crippen molar-refractivity contribution in [3.05, 3.63) is 36.7 Å². The number of piperazine rings is 1. The molecule has 0 radical (unpaired) electrons. The SMILES string of the molecule is CC(C)[C@@H](N)C(=O)N1CCN(c2cccc3cnccc23)CC1C. The van der Waals surface area contributed by atoms with Crippen LogP contribution in [0.3, 0.4) is 0 Å². The van der Waals surface area contributed by atoms with Gasteiger partial charge in [0.25, 0.3) is 0 Å². The predicted molar refractivity (Wildman–Crippen MR) is 97.9 cm³/mol. The number of pyridine rings is 1. The lowest BCUT2D eigenvalue weighted by Gasteiger charge is -2.42. The van der Waals surface area contributed by atoms with Crippen molar-refractivity contribution >= 4 is 22.4 Å². The van der Waals surface area contributed by atoms with Gasteiger partial charge >= 0.3 is 0 Å². The molecule has 0 saturated carbocycles. The summed E-state index contributed by atoms with van der Waals surface area (Å²) in [7, 11) is 0. The maximum atomic E-state index is 12.6. The lowest BCUT2D eigenvalue weighted by molar-refractivity contribution is -0.136. The number of benzene rings is 1. The van der Waals surface area contributed by atoms with E-state index < -0.39 is 6.04 Å². The number of hydrogen-bond donors (Lipinski definition) is 1. The number of amides is 1. The van der Waals surface area contributed by atoms with Crippen LogP contribution in [-0.2, 0) is 4.79 Å². The van der Waals surface area contributed by atoms with Gasteiger partial charge in [-0.2, -0.15) is 0 Å². The molecule has 3 rings (SSSR count). The highest BCUT2D eigenvalue weighted by molar-refractivity contribution is 5.93. The molecule has 1 fully saturated rings. The van der Waals surface area contributed by atoms with Crippen LogP contribution >= 0.6 is 0 Å². The molecular formula is C19H26N4O. The Hall–Kier alpha value is -2.14. The monoisotopic (exact) mass is 326 g/mol. The molecule has 24 heavy (non-hydrogen) atoms. The Morgan fingerprint density at radius 1 is 1.29 bits per heavy atom. The highest BCUT2D eigenvalue weighted by Gasteiger charge is 2.31. The summed E-state index contributed by atoms with van der Waals surface area (Å²) in [6.07, 6.45) is 3.72. The fourth-order valence-electron chi connectivity index (χ4n) is 3.36. The predicted octanol–water partition coefficient (Wildman–Crippen LogP) is 2.26. The summed E-state index contributed by atoms with van der Waals surface area (Å²) in [5, 5.41) is 2.35. The lowest BCUT2D eigenvalue weighted by Crippen LogP contribution is -2.58. The van der Waals surface area contributed by atoms with Crippen LogP contribution < -0.4 is 10.6 Å². The number of aromatic nitrogens is 1. The highest BCUT2D eigenvalue weighted by atomic mass is 16.2. The first-order valence-electron chi connectivity index (χ1n) is 8.62. The summed E-state index contributed by atoms with van der Waals surface area (Å²) in [5.74, 6) is 0.229. The van der Waals surface area contributed by atoms with Crippen molar-refractivity contribution < 1.29 is 4.79 Å². The van der Waals surface area contributed by atoms with Gasteiger partial charge in [0.05, 0.1) is 6.04 Å². The zero-order chi connectivity index (χ0) is 17.3. The molecule has 1 aliphatic heterocycles. The van der Waals surface area contributed by atoms with Gasteiger partial charge in [0.2, 0.25) is 5.91 Å². The smallest absolute Gasteiger partial charge is 0.240 e. The minimum Gasteiger partial charge on any atom is -0.367 e. The van der Waals surface area contributed by atoms with E-state index in [4.69, 9.17) is 5.73 Å². The molecule has 2 N–H and O–H groups in total. The van der Waals surface area contributed by atoms with E-state index in [1.54, 1.807) is 0 Å². The fourth-order valence-corrected chi connectivity index (χ4v) is 3.36. The van der Waals surface area contributed by atoms with Crippen molar-refractivity contribution in [2.75, 3.05) is 24.5 Å². The van der Waals surface area contributed by atoms with Gasteiger partial charge in [0, 0.05) is 54.5 Å². The van der Waals surface area contributed by atoms with Gasteiger partial charge in [-0.05, 0) is 25.0 Å². The van der Waals surface area contributed by atoms with Crippen molar-refractivity contribution in [1.29, 1.82) is 0 Å². The molecule has 1 unspecified atom stereocenters. The van der Waals surface area contributed by atoms with Crippen LogP contribution in [0.5, 0.6) is 0 Å². The third-order valence-electron chi connectivity index (χ3n) is 4.91. The van der Waals surface area contributed by atoms with Crippen LogP contribution in [0, 0.1) is 5.92 Å². The van der Waals surface area contributed by atoms with E-state index in [1.807, 2.05) is 31.1 Å². The van der Waals surface area contributed by atoms with Gasteiger partial charge in [0.15, 0.2) is 0 Å². The second-order valence-electron chi connectivity index (χ2n) is 6.97. The largest absolute Gasteiger partial charge is 0.367 e. The second kappa shape index (κ2) is 6.77. The van der Waals surface area contributed by atoms with E-state index in [9.17, 15) is 4.79 Å². The standard InChI is InChI=1S/C19H26N4O/c1-13(2)18(20)19(24)23-10-9-22(12-14(23)3)17-6-4-5-15-11-21-8-7-16(15)17/h4-8,11,13-14,18H,9-10,12,20H2,1-3H3/t14?,18-/m1/s1. The first kappa shape index (κ1) is 16.7.